The smallest absolute Gasteiger partial charge is 0.268 e. The minimum atomic E-state index is -1.09. The predicted octanol–water partition coefficient (Wildman–Crippen LogP) is 2.64. The predicted molar refractivity (Wildman–Crippen MR) is 101 cm³/mol. The van der Waals surface area contributed by atoms with E-state index in [4.69, 9.17) is 4.84 Å². The normalized spacial score (nSPS) is 20.7. The van der Waals surface area contributed by atoms with E-state index in [2.05, 4.69) is 15.5 Å². The highest BCUT2D eigenvalue weighted by Crippen LogP contribution is 2.35. The number of nitrogens with one attached hydrogen (secondary N) is 1. The molecule has 3 rings (SSSR count). The molecule has 1 aliphatic heterocycles. The first-order valence-corrected chi connectivity index (χ1v) is 9.02. The van der Waals surface area contributed by atoms with Crippen molar-refractivity contribution in [1.29, 1.82) is 0 Å². The number of aliphatic hydroxyl groups is 1. The topological polar surface area (TPSA) is 83.8 Å². The van der Waals surface area contributed by atoms with Crippen LogP contribution in [0.5, 0.6) is 0 Å². The monoisotopic (exact) mass is 355 g/mol. The summed E-state index contributed by atoms with van der Waals surface area (Å²) < 4.78 is 0. The zero-order valence-electron chi connectivity index (χ0n) is 15.4. The first kappa shape index (κ1) is 18.3. The molecule has 2 heterocycles. The number of aromatic nitrogens is 1. The van der Waals surface area contributed by atoms with Gasteiger partial charge in [0.1, 0.15) is 5.71 Å². The van der Waals surface area contributed by atoms with Gasteiger partial charge in [0.25, 0.3) is 5.91 Å². The van der Waals surface area contributed by atoms with Crippen LogP contribution in [0.3, 0.4) is 0 Å². The fraction of sp³-hybridized carbons (Fsp3) is 0.450. The number of rotatable bonds is 6. The maximum atomic E-state index is 12.9. The highest BCUT2D eigenvalue weighted by molar-refractivity contribution is 6.11. The Bertz CT molecular complexity index is 825. The molecule has 0 radical (unpaired) electrons. The largest absolute Gasteiger partial charge is 0.394 e. The molecular weight excluding hydrogens is 330 g/mol. The van der Waals surface area contributed by atoms with Crippen molar-refractivity contribution < 1.29 is 14.7 Å². The Kier molecular flexibility index (Phi) is 5.23. The van der Waals surface area contributed by atoms with Gasteiger partial charge in [-0.1, -0.05) is 50.2 Å². The van der Waals surface area contributed by atoms with Crippen LogP contribution in [0.2, 0.25) is 0 Å². The second-order valence-corrected chi connectivity index (χ2v) is 6.99. The fourth-order valence-corrected chi connectivity index (χ4v) is 3.20. The Morgan fingerprint density at radius 1 is 1.35 bits per heavy atom. The van der Waals surface area contributed by atoms with E-state index >= 15 is 0 Å². The van der Waals surface area contributed by atoms with Crippen LogP contribution in [0.4, 0.5) is 0 Å². The lowest BCUT2D eigenvalue weighted by atomic mass is 9.83. The summed E-state index contributed by atoms with van der Waals surface area (Å²) >= 11 is 0. The Morgan fingerprint density at radius 3 is 2.81 bits per heavy atom. The van der Waals surface area contributed by atoms with Crippen LogP contribution in [0.1, 0.15) is 39.3 Å². The maximum Gasteiger partial charge on any atom is 0.268 e. The number of fused-ring (bicyclic) bond motifs is 1. The minimum Gasteiger partial charge on any atom is -0.394 e. The summed E-state index contributed by atoms with van der Waals surface area (Å²) in [5, 5.41) is 18.6. The second kappa shape index (κ2) is 7.41. The number of amides is 1. The molecule has 138 valence electrons. The summed E-state index contributed by atoms with van der Waals surface area (Å²) in [6, 6.07) is 9.61. The van der Waals surface area contributed by atoms with Crippen molar-refractivity contribution in [3.63, 3.8) is 0 Å². The van der Waals surface area contributed by atoms with E-state index < -0.39 is 5.60 Å². The van der Waals surface area contributed by atoms with Gasteiger partial charge in [-0.05, 0) is 17.9 Å². The van der Waals surface area contributed by atoms with Crippen molar-refractivity contribution in [2.75, 3.05) is 6.61 Å². The molecule has 0 saturated carbocycles. The van der Waals surface area contributed by atoms with Crippen molar-refractivity contribution in [2.45, 2.75) is 45.3 Å². The molecule has 6 nitrogen and oxygen atoms in total. The Balaban J connectivity index is 1.91. The van der Waals surface area contributed by atoms with Crippen molar-refractivity contribution >= 4 is 22.4 Å². The standard InChI is InChI=1S/C20H25N3O3/c1-4-15(12-24)22-19(25)20(13(2)3)11-17(23-26-20)18-16-8-6-5-7-14(16)9-10-21-18/h5-10,13,15,24H,4,11-12H2,1-3H3,(H,22,25)/t15-,20+/m0/s1. The van der Waals surface area contributed by atoms with Crippen LogP contribution in [0.25, 0.3) is 10.8 Å². The van der Waals surface area contributed by atoms with Gasteiger partial charge in [-0.2, -0.15) is 0 Å². The zero-order valence-corrected chi connectivity index (χ0v) is 15.4. The second-order valence-electron chi connectivity index (χ2n) is 6.99. The number of pyridine rings is 1. The molecule has 0 fully saturated rings. The van der Waals surface area contributed by atoms with Gasteiger partial charge in [0, 0.05) is 23.9 Å². The van der Waals surface area contributed by atoms with Crippen molar-refractivity contribution in [2.24, 2.45) is 11.1 Å². The van der Waals surface area contributed by atoms with Gasteiger partial charge in [0.05, 0.1) is 18.3 Å². The van der Waals surface area contributed by atoms with E-state index in [9.17, 15) is 9.90 Å². The molecule has 1 aromatic carbocycles. The van der Waals surface area contributed by atoms with Gasteiger partial charge >= 0.3 is 0 Å². The lowest BCUT2D eigenvalue weighted by Crippen LogP contribution is -2.54. The highest BCUT2D eigenvalue weighted by Gasteiger charge is 2.50. The molecule has 2 aromatic rings. The Labute approximate surface area is 153 Å². The highest BCUT2D eigenvalue weighted by atomic mass is 16.7. The van der Waals surface area contributed by atoms with Gasteiger partial charge in [0.15, 0.2) is 0 Å². The van der Waals surface area contributed by atoms with E-state index in [1.165, 1.54) is 0 Å². The van der Waals surface area contributed by atoms with Crippen LogP contribution < -0.4 is 5.32 Å². The first-order chi connectivity index (χ1) is 12.5. The summed E-state index contributed by atoms with van der Waals surface area (Å²) in [6.07, 6.45) is 2.74. The summed E-state index contributed by atoms with van der Waals surface area (Å²) in [7, 11) is 0. The number of benzene rings is 1. The first-order valence-electron chi connectivity index (χ1n) is 9.02. The molecule has 0 aliphatic carbocycles. The number of carbonyl (C=O) groups excluding carboxylic acids is 1. The van der Waals surface area contributed by atoms with E-state index in [1.54, 1.807) is 6.20 Å². The number of aliphatic hydroxyl groups excluding tert-OH is 1. The molecule has 1 aliphatic rings. The average Bonchev–Trinajstić information content (AvgIpc) is 3.12. The number of oxime groups is 1. The van der Waals surface area contributed by atoms with Gasteiger partial charge < -0.3 is 15.3 Å². The van der Waals surface area contributed by atoms with Crippen LogP contribution in [-0.4, -0.2) is 40.0 Å². The SMILES string of the molecule is CC[C@@H](CO)NC(=O)[C@]1(C(C)C)CC(c2nccc3ccccc23)=NO1. The maximum absolute atomic E-state index is 12.9. The average molecular weight is 355 g/mol. The van der Waals surface area contributed by atoms with Gasteiger partial charge in [0.2, 0.25) is 5.60 Å². The molecule has 0 saturated heterocycles. The van der Waals surface area contributed by atoms with E-state index in [1.807, 2.05) is 51.1 Å². The number of hydrogen-bond donors (Lipinski definition) is 2. The van der Waals surface area contributed by atoms with Crippen molar-refractivity contribution in [3.05, 3.63) is 42.2 Å². The van der Waals surface area contributed by atoms with E-state index in [-0.39, 0.29) is 24.5 Å². The lowest BCUT2D eigenvalue weighted by Gasteiger charge is -2.30. The molecule has 26 heavy (non-hydrogen) atoms. The van der Waals surface area contributed by atoms with Crippen LogP contribution >= 0.6 is 0 Å². The van der Waals surface area contributed by atoms with Crippen LogP contribution in [-0.2, 0) is 9.63 Å². The van der Waals surface area contributed by atoms with E-state index in [0.717, 1.165) is 16.5 Å². The number of hydrogen-bond acceptors (Lipinski definition) is 5. The molecule has 1 amide bonds. The lowest BCUT2D eigenvalue weighted by molar-refractivity contribution is -0.150. The number of nitrogens with zero attached hydrogens (tertiary/aromatic N) is 2. The molecule has 2 atom stereocenters. The Morgan fingerprint density at radius 2 is 2.12 bits per heavy atom. The third kappa shape index (κ3) is 3.17. The summed E-state index contributed by atoms with van der Waals surface area (Å²) in [5.74, 6) is -0.331. The van der Waals surface area contributed by atoms with E-state index in [0.29, 0.717) is 18.6 Å². The quantitative estimate of drug-likeness (QED) is 0.834. The van der Waals surface area contributed by atoms with Crippen LogP contribution in [0.15, 0.2) is 41.7 Å². The van der Waals surface area contributed by atoms with Crippen molar-refractivity contribution in [1.82, 2.24) is 10.3 Å². The molecule has 0 spiro atoms. The van der Waals surface area contributed by atoms with Gasteiger partial charge in [-0.15, -0.1) is 0 Å². The zero-order chi connectivity index (χ0) is 18.7. The van der Waals surface area contributed by atoms with Crippen molar-refractivity contribution in [3.8, 4) is 0 Å². The van der Waals surface area contributed by atoms with Gasteiger partial charge in [-0.25, -0.2) is 0 Å². The molecule has 0 bridgehead atoms. The van der Waals surface area contributed by atoms with Crippen LogP contribution in [0, 0.1) is 5.92 Å². The molecule has 6 heteroatoms. The Hall–Kier alpha value is -2.47. The third-order valence-electron chi connectivity index (χ3n) is 5.06. The molecule has 0 unspecified atom stereocenters. The molecule has 2 N–H and O–H groups in total. The van der Waals surface area contributed by atoms with Gasteiger partial charge in [-0.3, -0.25) is 9.78 Å². The number of carbonyl (C=O) groups is 1. The summed E-state index contributed by atoms with van der Waals surface area (Å²) in [4.78, 5) is 23.1. The summed E-state index contributed by atoms with van der Waals surface area (Å²) in [6.45, 7) is 5.69. The third-order valence-corrected chi connectivity index (χ3v) is 5.06. The fourth-order valence-electron chi connectivity index (χ4n) is 3.20. The summed E-state index contributed by atoms with van der Waals surface area (Å²) in [5.41, 5.74) is 0.326. The molecule has 1 aromatic heterocycles. The minimum absolute atomic E-state index is 0.0880. The molecular formula is C20H25N3O3.